The van der Waals surface area contributed by atoms with E-state index in [1.54, 1.807) is 12.1 Å². The van der Waals surface area contributed by atoms with Gasteiger partial charge in [-0.15, -0.1) is 0 Å². The van der Waals surface area contributed by atoms with Crippen LogP contribution in [0, 0.1) is 0 Å². The number of rotatable bonds is 7. The molecular formula is C18H21F2NO3SSi. The molecule has 0 aliphatic rings. The first-order valence-electron chi connectivity index (χ1n) is 8.01. The molecule has 0 saturated carbocycles. The fraction of sp³-hybridized carbons (Fsp3) is 0.278. The van der Waals surface area contributed by atoms with Crippen LogP contribution in [0.25, 0.3) is 0 Å². The van der Waals surface area contributed by atoms with Crippen LogP contribution in [0.3, 0.4) is 0 Å². The summed E-state index contributed by atoms with van der Waals surface area (Å²) in [5.74, 6) is -3.87. The third-order valence-electron chi connectivity index (χ3n) is 3.81. The minimum atomic E-state index is -4.24. The van der Waals surface area contributed by atoms with Crippen LogP contribution in [0.1, 0.15) is 11.6 Å². The topological polar surface area (TPSA) is 63.2 Å². The van der Waals surface area contributed by atoms with E-state index in [0.717, 1.165) is 0 Å². The van der Waals surface area contributed by atoms with Crippen molar-refractivity contribution in [1.82, 2.24) is 4.72 Å². The first-order chi connectivity index (χ1) is 12.0. The minimum absolute atomic E-state index is 0.0311. The van der Waals surface area contributed by atoms with Crippen LogP contribution in [-0.4, -0.2) is 27.8 Å². The average molecular weight is 398 g/mol. The van der Waals surface area contributed by atoms with Gasteiger partial charge in [0.2, 0.25) is 10.0 Å². The Kier molecular flexibility index (Phi) is 5.79. The van der Waals surface area contributed by atoms with Gasteiger partial charge in [0.25, 0.3) is 0 Å². The van der Waals surface area contributed by atoms with Gasteiger partial charge in [-0.1, -0.05) is 68.2 Å². The molecule has 0 spiro atoms. The number of nitrogens with one attached hydrogen (secondary N) is 1. The Balaban J connectivity index is 2.51. The Hall–Kier alpha value is -1.90. The Bertz CT molecular complexity index is 866. The van der Waals surface area contributed by atoms with Gasteiger partial charge in [-0.2, -0.15) is 13.5 Å². The summed E-state index contributed by atoms with van der Waals surface area (Å²) in [6, 6.07) is 12.7. The molecule has 0 bridgehead atoms. The summed E-state index contributed by atoms with van der Waals surface area (Å²) < 4.78 is 57.4. The van der Waals surface area contributed by atoms with Gasteiger partial charge < -0.3 is 0 Å². The van der Waals surface area contributed by atoms with E-state index < -0.39 is 35.5 Å². The highest BCUT2D eigenvalue weighted by molar-refractivity contribution is 7.89. The molecule has 8 heteroatoms. The molecule has 26 heavy (non-hydrogen) atoms. The van der Waals surface area contributed by atoms with Crippen LogP contribution in [0.2, 0.25) is 19.6 Å². The molecule has 140 valence electrons. The van der Waals surface area contributed by atoms with E-state index in [1.807, 2.05) is 4.72 Å². The molecule has 0 aromatic heterocycles. The van der Waals surface area contributed by atoms with Crippen LogP contribution in [0.15, 0.2) is 65.6 Å². The van der Waals surface area contributed by atoms with Crippen LogP contribution < -0.4 is 4.72 Å². The number of sulfonamides is 1. The Morgan fingerprint density at radius 3 is 1.88 bits per heavy atom. The Morgan fingerprint density at radius 2 is 1.42 bits per heavy atom. The zero-order chi connectivity index (χ0) is 19.6. The number of halogens is 2. The molecular weight excluding hydrogens is 376 g/mol. The molecule has 0 amide bonds. The van der Waals surface area contributed by atoms with Crippen molar-refractivity contribution in [1.29, 1.82) is 0 Å². The third kappa shape index (κ3) is 4.43. The van der Waals surface area contributed by atoms with E-state index in [1.165, 1.54) is 68.2 Å². The fourth-order valence-electron chi connectivity index (χ4n) is 2.45. The van der Waals surface area contributed by atoms with Gasteiger partial charge in [0.1, 0.15) is 14.1 Å². The van der Waals surface area contributed by atoms with Crippen LogP contribution in [0.4, 0.5) is 8.78 Å². The monoisotopic (exact) mass is 397 g/mol. The lowest BCUT2D eigenvalue weighted by Crippen LogP contribution is -2.53. The van der Waals surface area contributed by atoms with Crippen molar-refractivity contribution in [3.05, 3.63) is 66.2 Å². The van der Waals surface area contributed by atoms with Crippen molar-refractivity contribution in [3.63, 3.8) is 0 Å². The quantitative estimate of drug-likeness (QED) is 0.723. The van der Waals surface area contributed by atoms with Gasteiger partial charge in [0, 0.05) is 0 Å². The predicted molar refractivity (Wildman–Crippen MR) is 99.2 cm³/mol. The number of alkyl halides is 2. The molecule has 4 nitrogen and oxygen atoms in total. The first-order valence-corrected chi connectivity index (χ1v) is 13.0. The molecule has 2 rings (SSSR count). The maximum absolute atomic E-state index is 15.1. The standard InChI is InChI=1S/C18H21F2NO3SSi/c1-26(2,3)17(22)18(19,20)16(14-10-6-4-7-11-14)21-25(23,24)15-12-8-5-9-13-15/h4-13,16,21H,1-3H3. The highest BCUT2D eigenvalue weighted by atomic mass is 32.2. The molecule has 0 aliphatic carbocycles. The van der Waals surface area contributed by atoms with Gasteiger partial charge in [0.15, 0.2) is 5.41 Å². The van der Waals surface area contributed by atoms with Gasteiger partial charge >= 0.3 is 5.92 Å². The SMILES string of the molecule is C[Si](C)(C)C(=O)C(F)(F)C(NS(=O)(=O)c1ccccc1)c1ccccc1. The van der Waals surface area contributed by atoms with E-state index in [2.05, 4.69) is 0 Å². The first kappa shape index (κ1) is 20.4. The van der Waals surface area contributed by atoms with Crippen molar-refractivity contribution in [2.75, 3.05) is 0 Å². The van der Waals surface area contributed by atoms with Crippen molar-refractivity contribution < 1.29 is 22.0 Å². The lowest BCUT2D eigenvalue weighted by Gasteiger charge is -2.30. The van der Waals surface area contributed by atoms with Crippen LogP contribution >= 0.6 is 0 Å². The molecule has 2 aromatic carbocycles. The van der Waals surface area contributed by atoms with Crippen molar-refractivity contribution in [3.8, 4) is 0 Å². The van der Waals surface area contributed by atoms with Crippen LogP contribution in [-0.2, 0) is 14.8 Å². The Morgan fingerprint density at radius 1 is 0.962 bits per heavy atom. The summed E-state index contributed by atoms with van der Waals surface area (Å²) in [6.07, 6.45) is 0. The number of hydrogen-bond donors (Lipinski definition) is 1. The molecule has 0 saturated heterocycles. The van der Waals surface area contributed by atoms with E-state index in [4.69, 9.17) is 0 Å². The molecule has 0 radical (unpaired) electrons. The maximum Gasteiger partial charge on any atom is 0.320 e. The highest BCUT2D eigenvalue weighted by Crippen LogP contribution is 2.36. The minimum Gasteiger partial charge on any atom is -0.299 e. The third-order valence-corrected chi connectivity index (χ3v) is 6.94. The largest absolute Gasteiger partial charge is 0.320 e. The summed E-state index contributed by atoms with van der Waals surface area (Å²) in [5.41, 5.74) is 0.0311. The van der Waals surface area contributed by atoms with Gasteiger partial charge in [-0.25, -0.2) is 8.42 Å². The molecule has 0 aliphatic heterocycles. The van der Waals surface area contributed by atoms with Crippen molar-refractivity contribution in [2.45, 2.75) is 36.5 Å². The number of carbonyl (C=O) groups excluding carboxylic acids is 1. The number of hydrogen-bond acceptors (Lipinski definition) is 3. The zero-order valence-corrected chi connectivity index (χ0v) is 16.6. The molecule has 1 atom stereocenters. The fourth-order valence-corrected chi connectivity index (χ4v) is 4.84. The van der Waals surface area contributed by atoms with Crippen molar-refractivity contribution in [2.24, 2.45) is 0 Å². The van der Waals surface area contributed by atoms with Gasteiger partial charge in [0.05, 0.1) is 4.90 Å². The lowest BCUT2D eigenvalue weighted by atomic mass is 10.0. The van der Waals surface area contributed by atoms with E-state index >= 15 is 8.78 Å². The summed E-state index contributed by atoms with van der Waals surface area (Å²) in [7, 11) is -7.11. The van der Waals surface area contributed by atoms with Crippen molar-refractivity contribution >= 4 is 23.5 Å². The zero-order valence-electron chi connectivity index (χ0n) is 14.7. The summed E-state index contributed by atoms with van der Waals surface area (Å²) >= 11 is 0. The van der Waals surface area contributed by atoms with E-state index in [0.29, 0.717) is 0 Å². The van der Waals surface area contributed by atoms with Crippen LogP contribution in [0.5, 0.6) is 0 Å². The molecule has 1 unspecified atom stereocenters. The second-order valence-electron chi connectivity index (χ2n) is 6.98. The molecule has 2 aromatic rings. The molecule has 1 N–H and O–H groups in total. The molecule has 0 heterocycles. The Labute approximate surface area is 153 Å². The van der Waals surface area contributed by atoms with Gasteiger partial charge in [-0.05, 0) is 17.7 Å². The van der Waals surface area contributed by atoms with Gasteiger partial charge in [-0.3, -0.25) is 4.79 Å². The van der Waals surface area contributed by atoms with E-state index in [-0.39, 0.29) is 10.5 Å². The normalized spacial score (nSPS) is 14.0. The lowest BCUT2D eigenvalue weighted by molar-refractivity contribution is -0.139. The second kappa shape index (κ2) is 7.38. The second-order valence-corrected chi connectivity index (χ2v) is 13.6. The number of benzene rings is 2. The van der Waals surface area contributed by atoms with E-state index in [9.17, 15) is 13.2 Å². The average Bonchev–Trinajstić information content (AvgIpc) is 2.59. The summed E-state index contributed by atoms with van der Waals surface area (Å²) in [5, 5.41) is -1.20. The molecule has 0 fully saturated rings. The smallest absolute Gasteiger partial charge is 0.299 e. The highest BCUT2D eigenvalue weighted by Gasteiger charge is 2.53. The predicted octanol–water partition coefficient (Wildman–Crippen LogP) is 3.79. The summed E-state index contributed by atoms with van der Waals surface area (Å²) in [6.45, 7) is 4.53. The maximum atomic E-state index is 15.1. The summed E-state index contributed by atoms with van der Waals surface area (Å²) in [4.78, 5) is 12.3. The number of carbonyl (C=O) groups is 1.